The van der Waals surface area contributed by atoms with Crippen molar-refractivity contribution in [3.8, 4) is 0 Å². The molecule has 0 saturated carbocycles. The topological polar surface area (TPSA) is 0 Å². The fourth-order valence-corrected chi connectivity index (χ4v) is 1.84. The quantitative estimate of drug-likeness (QED) is 0.498. The molecule has 0 heterocycles. The molecule has 0 N–H and O–H groups in total. The van der Waals surface area contributed by atoms with Gasteiger partial charge in [0.05, 0.1) is 5.02 Å². The zero-order chi connectivity index (χ0) is 7.72. The van der Waals surface area contributed by atoms with E-state index in [1.165, 1.54) is 5.56 Å². The third kappa shape index (κ3) is 1.66. The predicted octanol–water partition coefficient (Wildman–Crippen LogP) is 4.02. The van der Waals surface area contributed by atoms with Gasteiger partial charge in [-0.1, -0.05) is 17.7 Å². The summed E-state index contributed by atoms with van der Waals surface area (Å²) >= 11 is 11.5. The van der Waals surface area contributed by atoms with Crippen molar-refractivity contribution in [2.75, 3.05) is 0 Å². The van der Waals surface area contributed by atoms with Crippen molar-refractivity contribution in [1.29, 1.82) is 0 Å². The molecule has 0 saturated heterocycles. The minimum absolute atomic E-state index is 0.804. The van der Waals surface area contributed by atoms with E-state index in [2.05, 4.69) is 38.5 Å². The standard InChI is InChI=1S/C7H5BrClI/c1-4-2-3-5(9)7(10)6(4)8/h2-3H,1H3. The monoisotopic (exact) mass is 330 g/mol. The fraction of sp³-hybridized carbons (Fsp3) is 0.143. The molecule has 54 valence electrons. The van der Waals surface area contributed by atoms with E-state index in [0.717, 1.165) is 13.1 Å². The van der Waals surface area contributed by atoms with E-state index in [1.807, 2.05) is 19.1 Å². The largest absolute Gasteiger partial charge is 0.0831 e. The maximum Gasteiger partial charge on any atom is 0.0551 e. The molecule has 0 fully saturated rings. The zero-order valence-electron chi connectivity index (χ0n) is 5.29. The van der Waals surface area contributed by atoms with Crippen molar-refractivity contribution in [1.82, 2.24) is 0 Å². The van der Waals surface area contributed by atoms with Gasteiger partial charge in [-0.25, -0.2) is 0 Å². The van der Waals surface area contributed by atoms with Gasteiger partial charge in [-0.15, -0.1) is 0 Å². The summed E-state index contributed by atoms with van der Waals surface area (Å²) in [7, 11) is 0. The molecule has 0 aliphatic carbocycles. The third-order valence-corrected chi connectivity index (χ3v) is 4.75. The van der Waals surface area contributed by atoms with Gasteiger partial charge in [-0.3, -0.25) is 0 Å². The number of benzene rings is 1. The molecule has 0 atom stereocenters. The van der Waals surface area contributed by atoms with E-state index in [0.29, 0.717) is 0 Å². The Balaban J connectivity index is 3.34. The van der Waals surface area contributed by atoms with Crippen molar-refractivity contribution in [2.45, 2.75) is 6.92 Å². The Hall–Kier alpha value is 0.720. The highest BCUT2D eigenvalue weighted by atomic mass is 127. The first kappa shape index (κ1) is 8.81. The highest BCUT2D eigenvalue weighted by Gasteiger charge is 2.02. The number of hydrogen-bond donors (Lipinski definition) is 0. The van der Waals surface area contributed by atoms with Crippen molar-refractivity contribution in [3.63, 3.8) is 0 Å². The summed E-state index contributed by atoms with van der Waals surface area (Å²) in [4.78, 5) is 0. The van der Waals surface area contributed by atoms with Crippen molar-refractivity contribution < 1.29 is 0 Å². The Morgan fingerprint density at radius 2 is 2.10 bits per heavy atom. The van der Waals surface area contributed by atoms with Gasteiger partial charge in [0, 0.05) is 8.04 Å². The van der Waals surface area contributed by atoms with Crippen LogP contribution in [0.25, 0.3) is 0 Å². The highest BCUT2D eigenvalue weighted by Crippen LogP contribution is 2.28. The van der Waals surface area contributed by atoms with Gasteiger partial charge >= 0.3 is 0 Å². The van der Waals surface area contributed by atoms with Gasteiger partial charge in [0.15, 0.2) is 0 Å². The SMILES string of the molecule is Cc1ccc(Cl)c(I)c1Br. The average molecular weight is 331 g/mol. The Labute approximate surface area is 87.2 Å². The second-order valence-electron chi connectivity index (χ2n) is 1.99. The first-order valence-electron chi connectivity index (χ1n) is 2.73. The molecule has 0 aromatic heterocycles. The van der Waals surface area contributed by atoms with Crippen LogP contribution in [-0.2, 0) is 0 Å². The Kier molecular flexibility index (Phi) is 3.01. The third-order valence-electron chi connectivity index (χ3n) is 1.23. The summed E-state index contributed by atoms with van der Waals surface area (Å²) in [5.41, 5.74) is 1.22. The van der Waals surface area contributed by atoms with Gasteiger partial charge in [0.25, 0.3) is 0 Å². The van der Waals surface area contributed by atoms with Crippen molar-refractivity contribution in [3.05, 3.63) is 30.8 Å². The molecule has 1 aromatic rings. The molecule has 0 aliphatic rings. The average Bonchev–Trinajstić information content (AvgIpc) is 1.93. The summed E-state index contributed by atoms with van der Waals surface area (Å²) in [6.45, 7) is 2.04. The van der Waals surface area contributed by atoms with Crippen LogP contribution < -0.4 is 0 Å². The fourth-order valence-electron chi connectivity index (χ4n) is 0.622. The molecule has 3 heteroatoms. The van der Waals surface area contributed by atoms with Gasteiger partial charge in [-0.05, 0) is 57.1 Å². The van der Waals surface area contributed by atoms with E-state index < -0.39 is 0 Å². The molecule has 0 radical (unpaired) electrons. The lowest BCUT2D eigenvalue weighted by molar-refractivity contribution is 1.40. The van der Waals surface area contributed by atoms with E-state index in [1.54, 1.807) is 0 Å². The summed E-state index contributed by atoms with van der Waals surface area (Å²) in [5.74, 6) is 0. The molecular formula is C7H5BrClI. The van der Waals surface area contributed by atoms with Gasteiger partial charge < -0.3 is 0 Å². The lowest BCUT2D eigenvalue weighted by Crippen LogP contribution is -1.80. The van der Waals surface area contributed by atoms with Crippen LogP contribution in [0.4, 0.5) is 0 Å². The zero-order valence-corrected chi connectivity index (χ0v) is 9.79. The molecule has 10 heavy (non-hydrogen) atoms. The van der Waals surface area contributed by atoms with Gasteiger partial charge in [0.2, 0.25) is 0 Å². The van der Waals surface area contributed by atoms with Gasteiger partial charge in [-0.2, -0.15) is 0 Å². The Morgan fingerprint density at radius 3 is 2.60 bits per heavy atom. The van der Waals surface area contributed by atoms with Crippen molar-refractivity contribution >= 4 is 50.1 Å². The van der Waals surface area contributed by atoms with Crippen LogP contribution in [0.15, 0.2) is 16.6 Å². The first-order valence-corrected chi connectivity index (χ1v) is 4.98. The molecule has 0 aliphatic heterocycles. The van der Waals surface area contributed by atoms with E-state index in [-0.39, 0.29) is 0 Å². The molecule has 1 rings (SSSR count). The number of aryl methyl sites for hydroxylation is 1. The van der Waals surface area contributed by atoms with Crippen LogP contribution in [0.2, 0.25) is 5.02 Å². The highest BCUT2D eigenvalue weighted by molar-refractivity contribution is 14.1. The molecule has 0 amide bonds. The Bertz CT molecular complexity index is 233. The first-order chi connectivity index (χ1) is 4.63. The molecular weight excluding hydrogens is 326 g/mol. The molecule has 0 unspecified atom stereocenters. The number of rotatable bonds is 0. The summed E-state index contributed by atoms with van der Waals surface area (Å²) < 4.78 is 2.18. The Morgan fingerprint density at radius 1 is 1.50 bits per heavy atom. The van der Waals surface area contributed by atoms with Crippen LogP contribution in [0, 0.1) is 10.5 Å². The van der Waals surface area contributed by atoms with Crippen molar-refractivity contribution in [2.24, 2.45) is 0 Å². The lowest BCUT2D eigenvalue weighted by atomic mass is 10.2. The van der Waals surface area contributed by atoms with E-state index >= 15 is 0 Å². The summed E-state index contributed by atoms with van der Waals surface area (Å²) in [6, 6.07) is 3.90. The predicted molar refractivity (Wildman–Crippen MR) is 56.6 cm³/mol. The van der Waals surface area contributed by atoms with Gasteiger partial charge in [0.1, 0.15) is 0 Å². The van der Waals surface area contributed by atoms with Crippen LogP contribution >= 0.6 is 50.1 Å². The molecule has 0 bridgehead atoms. The maximum atomic E-state index is 5.85. The van der Waals surface area contributed by atoms with E-state index in [9.17, 15) is 0 Å². The van der Waals surface area contributed by atoms with Crippen LogP contribution in [0.5, 0.6) is 0 Å². The molecule has 1 aromatic carbocycles. The molecule has 0 spiro atoms. The number of hydrogen-bond acceptors (Lipinski definition) is 0. The minimum atomic E-state index is 0.804. The smallest absolute Gasteiger partial charge is 0.0551 e. The van der Waals surface area contributed by atoms with Crippen LogP contribution in [0.1, 0.15) is 5.56 Å². The van der Waals surface area contributed by atoms with Crippen LogP contribution in [0.3, 0.4) is 0 Å². The second-order valence-corrected chi connectivity index (χ2v) is 4.27. The lowest BCUT2D eigenvalue weighted by Gasteiger charge is -2.01. The summed E-state index contributed by atoms with van der Waals surface area (Å²) in [5, 5.41) is 0.804. The summed E-state index contributed by atoms with van der Waals surface area (Å²) in [6.07, 6.45) is 0. The number of halogens is 3. The minimum Gasteiger partial charge on any atom is -0.0831 e. The molecule has 0 nitrogen and oxygen atoms in total. The normalized spacial score (nSPS) is 10.0. The second kappa shape index (κ2) is 3.41. The van der Waals surface area contributed by atoms with Crippen LogP contribution in [-0.4, -0.2) is 0 Å². The van der Waals surface area contributed by atoms with E-state index in [4.69, 9.17) is 11.6 Å². The maximum absolute atomic E-state index is 5.85.